The van der Waals surface area contributed by atoms with Crippen LogP contribution < -0.4 is 0 Å². The largest absolute Gasteiger partial charge is 0.399 e. The minimum absolute atomic E-state index is 0.671. The van der Waals surface area contributed by atoms with Crippen LogP contribution in [0.15, 0.2) is 60.7 Å². The van der Waals surface area contributed by atoms with Gasteiger partial charge in [-0.1, -0.05) is 86.8 Å². The fraction of sp³-hybridized carbons (Fsp3) is 0.455. The Hall–Kier alpha value is -0.393. The first kappa shape index (κ1) is 22.9. The van der Waals surface area contributed by atoms with E-state index in [0.29, 0.717) is 5.88 Å². The maximum atomic E-state index is 6.64. The van der Waals surface area contributed by atoms with E-state index in [9.17, 15) is 0 Å². The third kappa shape index (κ3) is 9.10. The van der Waals surface area contributed by atoms with Crippen LogP contribution in [0.5, 0.6) is 0 Å². The van der Waals surface area contributed by atoms with E-state index >= 15 is 0 Å². The predicted octanol–water partition coefficient (Wildman–Crippen LogP) is 7.63. The Morgan fingerprint density at radius 2 is 1.37 bits per heavy atom. The molecular formula is C22H31ClOS2Si. The molecule has 27 heavy (non-hydrogen) atoms. The van der Waals surface area contributed by atoms with Crippen LogP contribution in [0.25, 0.3) is 0 Å². The lowest BCUT2D eigenvalue weighted by Gasteiger charge is -2.29. The SMILES string of the molecule is CCCCCCO[Si](CCCl)(SCc1ccccc1)SCc1ccccc1. The highest BCUT2D eigenvalue weighted by Crippen LogP contribution is 2.41. The number of hydrogen-bond donors (Lipinski definition) is 0. The van der Waals surface area contributed by atoms with Gasteiger partial charge >= 0.3 is 6.62 Å². The highest BCUT2D eigenvalue weighted by atomic mass is 35.5. The van der Waals surface area contributed by atoms with E-state index in [0.717, 1.165) is 30.6 Å². The van der Waals surface area contributed by atoms with Crippen molar-refractivity contribution in [3.05, 3.63) is 71.8 Å². The summed E-state index contributed by atoms with van der Waals surface area (Å²) in [6, 6.07) is 22.4. The van der Waals surface area contributed by atoms with Crippen LogP contribution >= 0.6 is 34.0 Å². The molecule has 2 aromatic rings. The van der Waals surface area contributed by atoms with E-state index in [1.54, 1.807) is 0 Å². The van der Waals surface area contributed by atoms with Crippen molar-refractivity contribution in [2.75, 3.05) is 12.5 Å². The Morgan fingerprint density at radius 1 is 0.815 bits per heavy atom. The van der Waals surface area contributed by atoms with Gasteiger partial charge in [0.25, 0.3) is 0 Å². The summed E-state index contributed by atoms with van der Waals surface area (Å²) in [5.41, 5.74) is 2.73. The van der Waals surface area contributed by atoms with Crippen molar-refractivity contribution in [1.82, 2.24) is 0 Å². The summed E-state index contributed by atoms with van der Waals surface area (Å²) in [6.07, 6.45) is 4.97. The van der Waals surface area contributed by atoms with Gasteiger partial charge in [0.1, 0.15) is 0 Å². The molecule has 0 aromatic heterocycles. The standard InChI is InChI=1S/C22H31ClOS2Si/c1-2-3-4-11-17-24-27(18-16-23,25-19-21-12-7-5-8-13-21)26-20-22-14-9-6-10-15-22/h5-10,12-15H,2-4,11,16-20H2,1H3. The van der Waals surface area contributed by atoms with Gasteiger partial charge in [0.05, 0.1) is 0 Å². The number of rotatable bonds is 14. The van der Waals surface area contributed by atoms with Crippen molar-refractivity contribution < 1.29 is 4.43 Å². The average molecular weight is 439 g/mol. The van der Waals surface area contributed by atoms with Crippen molar-refractivity contribution in [3.8, 4) is 0 Å². The summed E-state index contributed by atoms with van der Waals surface area (Å²) >= 11 is 10.3. The average Bonchev–Trinajstić information content (AvgIpc) is 2.72. The van der Waals surface area contributed by atoms with Crippen molar-refractivity contribution in [2.45, 2.75) is 50.2 Å². The van der Waals surface area contributed by atoms with E-state index in [4.69, 9.17) is 16.0 Å². The molecule has 148 valence electrons. The summed E-state index contributed by atoms with van der Waals surface area (Å²) in [6.45, 7) is 1.10. The topological polar surface area (TPSA) is 9.23 Å². The maximum absolute atomic E-state index is 6.64. The number of halogens is 1. The van der Waals surface area contributed by atoms with Crippen molar-refractivity contribution in [2.24, 2.45) is 0 Å². The first-order valence-corrected chi connectivity index (χ1v) is 15.9. The van der Waals surface area contributed by atoms with Gasteiger partial charge in [0.2, 0.25) is 0 Å². The summed E-state index contributed by atoms with van der Waals surface area (Å²) in [4.78, 5) is 0. The van der Waals surface area contributed by atoms with Crippen LogP contribution in [0.2, 0.25) is 6.04 Å². The Bertz CT molecular complexity index is 569. The zero-order chi connectivity index (χ0) is 19.2. The van der Waals surface area contributed by atoms with Gasteiger partial charge in [0, 0.05) is 24.0 Å². The Balaban J connectivity index is 2.01. The Kier molecular flexibility index (Phi) is 11.6. The summed E-state index contributed by atoms with van der Waals surface area (Å²) in [5, 5.41) is 0. The molecule has 0 radical (unpaired) electrons. The molecule has 0 unspecified atom stereocenters. The maximum Gasteiger partial charge on any atom is 0.320 e. The number of benzene rings is 2. The quantitative estimate of drug-likeness (QED) is 0.170. The summed E-state index contributed by atoms with van der Waals surface area (Å²) in [5.74, 6) is 2.67. The number of unbranched alkanes of at least 4 members (excludes halogenated alkanes) is 3. The van der Waals surface area contributed by atoms with E-state index in [1.807, 2.05) is 22.4 Å². The van der Waals surface area contributed by atoms with Gasteiger partial charge in [0.15, 0.2) is 0 Å². The molecule has 0 aliphatic heterocycles. The third-order valence-corrected chi connectivity index (χ3v) is 15.7. The molecule has 2 aromatic carbocycles. The van der Waals surface area contributed by atoms with Gasteiger partial charge < -0.3 is 4.43 Å². The molecule has 5 heteroatoms. The minimum Gasteiger partial charge on any atom is -0.399 e. The predicted molar refractivity (Wildman–Crippen MR) is 127 cm³/mol. The lowest BCUT2D eigenvalue weighted by atomic mass is 10.2. The first-order chi connectivity index (χ1) is 13.3. The first-order valence-electron chi connectivity index (χ1n) is 9.83. The van der Waals surface area contributed by atoms with Gasteiger partial charge in [-0.25, -0.2) is 0 Å². The second-order valence-corrected chi connectivity index (χ2v) is 16.7. The molecule has 0 heterocycles. The molecule has 0 amide bonds. The highest BCUT2D eigenvalue weighted by Gasteiger charge is 2.36. The molecule has 1 nitrogen and oxygen atoms in total. The smallest absolute Gasteiger partial charge is 0.320 e. The van der Waals surface area contributed by atoms with E-state index in [2.05, 4.69) is 67.6 Å². The lowest BCUT2D eigenvalue weighted by Crippen LogP contribution is -2.33. The zero-order valence-corrected chi connectivity index (χ0v) is 19.6. The van der Waals surface area contributed by atoms with Gasteiger partial charge in [-0.3, -0.25) is 0 Å². The van der Waals surface area contributed by atoms with Crippen molar-refractivity contribution in [1.29, 1.82) is 0 Å². The zero-order valence-electron chi connectivity index (χ0n) is 16.2. The molecular weight excluding hydrogens is 408 g/mol. The lowest BCUT2D eigenvalue weighted by molar-refractivity contribution is 0.313. The molecule has 0 saturated carbocycles. The van der Waals surface area contributed by atoms with Gasteiger partial charge in [-0.2, -0.15) is 0 Å². The van der Waals surface area contributed by atoms with Crippen LogP contribution in [0.3, 0.4) is 0 Å². The van der Waals surface area contributed by atoms with Crippen LogP contribution in [0.4, 0.5) is 0 Å². The fourth-order valence-electron chi connectivity index (χ4n) is 2.75. The van der Waals surface area contributed by atoms with E-state index in [1.165, 1.54) is 30.4 Å². The Labute approximate surface area is 179 Å². The van der Waals surface area contributed by atoms with E-state index in [-0.39, 0.29) is 0 Å². The molecule has 0 N–H and O–H groups in total. The van der Waals surface area contributed by atoms with Crippen LogP contribution in [0.1, 0.15) is 43.7 Å². The van der Waals surface area contributed by atoms with Crippen LogP contribution in [0, 0.1) is 0 Å². The Morgan fingerprint density at radius 3 is 1.85 bits per heavy atom. The summed E-state index contributed by atoms with van der Waals surface area (Å²) in [7, 11) is 0. The molecule has 2 rings (SSSR count). The molecule has 0 spiro atoms. The van der Waals surface area contributed by atoms with Gasteiger partial charge in [-0.05, 0) is 23.6 Å². The molecule has 0 bridgehead atoms. The number of alkyl halides is 1. The summed E-state index contributed by atoms with van der Waals surface area (Å²) < 4.78 is 6.64. The van der Waals surface area contributed by atoms with Gasteiger partial charge in [-0.15, -0.1) is 34.0 Å². The fourth-order valence-corrected chi connectivity index (χ4v) is 13.6. The normalized spacial score (nSPS) is 11.6. The monoisotopic (exact) mass is 438 g/mol. The third-order valence-electron chi connectivity index (χ3n) is 4.32. The van der Waals surface area contributed by atoms with Crippen LogP contribution in [-0.2, 0) is 15.9 Å². The minimum atomic E-state index is -2.02. The molecule has 0 saturated heterocycles. The number of hydrogen-bond acceptors (Lipinski definition) is 3. The van der Waals surface area contributed by atoms with Crippen molar-refractivity contribution in [3.63, 3.8) is 0 Å². The van der Waals surface area contributed by atoms with Crippen LogP contribution in [-0.4, -0.2) is 19.1 Å². The second-order valence-electron chi connectivity index (χ2n) is 6.58. The second kappa shape index (κ2) is 13.7. The molecule has 0 fully saturated rings. The molecule has 0 aliphatic carbocycles. The molecule has 0 atom stereocenters. The van der Waals surface area contributed by atoms with Crippen molar-refractivity contribution >= 4 is 40.6 Å². The highest BCUT2D eigenvalue weighted by molar-refractivity contribution is 8.56. The van der Waals surface area contributed by atoms with E-state index < -0.39 is 6.62 Å². The molecule has 0 aliphatic rings.